The van der Waals surface area contributed by atoms with Gasteiger partial charge in [-0.15, -0.1) is 0 Å². The third-order valence-corrected chi connectivity index (χ3v) is 2.57. The molecule has 0 heterocycles. The second-order valence-corrected chi connectivity index (χ2v) is 4.22. The molecule has 0 amide bonds. The molecule has 19 heavy (non-hydrogen) atoms. The first-order chi connectivity index (χ1) is 8.76. The molecule has 0 aliphatic carbocycles. The van der Waals surface area contributed by atoms with Gasteiger partial charge in [0.05, 0.1) is 6.61 Å². The Hall–Kier alpha value is -1.34. The van der Waals surface area contributed by atoms with Crippen LogP contribution in [0, 0.1) is 5.82 Å². The van der Waals surface area contributed by atoms with E-state index in [1.165, 1.54) is 19.1 Å². The molecule has 3 nitrogen and oxygen atoms in total. The predicted molar refractivity (Wildman–Crippen MR) is 64.4 cm³/mol. The van der Waals surface area contributed by atoms with Crippen molar-refractivity contribution in [1.82, 2.24) is 0 Å². The van der Waals surface area contributed by atoms with Crippen LogP contribution in [0.4, 0.5) is 23.2 Å². The van der Waals surface area contributed by atoms with Crippen molar-refractivity contribution in [2.24, 2.45) is 5.73 Å². The van der Waals surface area contributed by atoms with Gasteiger partial charge in [0.2, 0.25) is 0 Å². The highest BCUT2D eigenvalue weighted by atomic mass is 19.4. The van der Waals surface area contributed by atoms with Crippen molar-refractivity contribution in [2.75, 3.05) is 24.6 Å². The first kappa shape index (κ1) is 15.7. The largest absolute Gasteiger partial charge is 0.405 e. The third-order valence-electron chi connectivity index (χ3n) is 2.57. The van der Waals surface area contributed by atoms with Gasteiger partial charge in [-0.05, 0) is 19.1 Å². The van der Waals surface area contributed by atoms with Gasteiger partial charge in [-0.1, -0.05) is 6.07 Å². The van der Waals surface area contributed by atoms with Crippen molar-refractivity contribution in [3.63, 3.8) is 0 Å². The zero-order chi connectivity index (χ0) is 14.6. The van der Waals surface area contributed by atoms with E-state index >= 15 is 0 Å². The summed E-state index contributed by atoms with van der Waals surface area (Å²) in [5.74, 6) is -0.655. The summed E-state index contributed by atoms with van der Waals surface area (Å²) < 4.78 is 51.2. The molecule has 0 spiro atoms. The summed E-state index contributed by atoms with van der Waals surface area (Å²) >= 11 is 0. The van der Waals surface area contributed by atoms with E-state index in [2.05, 4.69) is 0 Å². The predicted octanol–water partition coefficient (Wildman–Crippen LogP) is 2.21. The number of rotatable bonds is 5. The highest BCUT2D eigenvalue weighted by molar-refractivity contribution is 5.55. The molecule has 0 saturated heterocycles. The van der Waals surface area contributed by atoms with Crippen molar-refractivity contribution in [3.8, 4) is 0 Å². The number of halogens is 4. The Morgan fingerprint density at radius 3 is 2.47 bits per heavy atom. The number of nitrogens with zero attached hydrogens (tertiary/aromatic N) is 1. The van der Waals surface area contributed by atoms with Crippen LogP contribution in [0.1, 0.15) is 18.5 Å². The van der Waals surface area contributed by atoms with Gasteiger partial charge < -0.3 is 15.7 Å². The number of alkyl halides is 3. The Morgan fingerprint density at radius 1 is 1.37 bits per heavy atom. The van der Waals surface area contributed by atoms with Gasteiger partial charge in [-0.25, -0.2) is 4.39 Å². The zero-order valence-electron chi connectivity index (χ0n) is 10.4. The summed E-state index contributed by atoms with van der Waals surface area (Å²) in [5, 5.41) is 8.86. The van der Waals surface area contributed by atoms with E-state index in [-0.39, 0.29) is 17.8 Å². The fourth-order valence-corrected chi connectivity index (χ4v) is 1.87. The molecule has 0 radical (unpaired) electrons. The highest BCUT2D eigenvalue weighted by Crippen LogP contribution is 2.30. The lowest BCUT2D eigenvalue weighted by Crippen LogP contribution is -2.37. The molecule has 1 rings (SSSR count). The van der Waals surface area contributed by atoms with Gasteiger partial charge in [0.25, 0.3) is 0 Å². The second-order valence-electron chi connectivity index (χ2n) is 4.22. The van der Waals surface area contributed by atoms with E-state index in [0.717, 1.165) is 11.0 Å². The number of benzene rings is 1. The Labute approximate surface area is 108 Å². The fraction of sp³-hybridized carbons (Fsp3) is 0.500. The van der Waals surface area contributed by atoms with Crippen LogP contribution in [0.5, 0.6) is 0 Å². The minimum Gasteiger partial charge on any atom is -0.395 e. The van der Waals surface area contributed by atoms with Crippen LogP contribution in [0.25, 0.3) is 0 Å². The maximum Gasteiger partial charge on any atom is 0.405 e. The van der Waals surface area contributed by atoms with Gasteiger partial charge in [-0.2, -0.15) is 13.2 Å². The molecule has 1 aromatic carbocycles. The van der Waals surface area contributed by atoms with Crippen LogP contribution < -0.4 is 10.6 Å². The number of anilines is 1. The van der Waals surface area contributed by atoms with Crippen LogP contribution in [-0.4, -0.2) is 31.0 Å². The highest BCUT2D eigenvalue weighted by Gasteiger charge is 2.32. The van der Waals surface area contributed by atoms with Crippen LogP contribution in [0.3, 0.4) is 0 Å². The topological polar surface area (TPSA) is 49.5 Å². The minimum atomic E-state index is -4.45. The number of hydrogen-bond donors (Lipinski definition) is 2. The number of aliphatic hydroxyl groups excluding tert-OH is 1. The van der Waals surface area contributed by atoms with Crippen molar-refractivity contribution in [3.05, 3.63) is 29.6 Å². The molecule has 1 unspecified atom stereocenters. The molecule has 3 N–H and O–H groups in total. The monoisotopic (exact) mass is 280 g/mol. The summed E-state index contributed by atoms with van der Waals surface area (Å²) in [7, 11) is 0. The minimum absolute atomic E-state index is 0.0141. The van der Waals surface area contributed by atoms with Crippen LogP contribution in [0.15, 0.2) is 18.2 Å². The lowest BCUT2D eigenvalue weighted by Gasteiger charge is -2.28. The molecule has 108 valence electrons. The number of nitrogens with two attached hydrogens (primary N) is 1. The molecule has 0 bridgehead atoms. The molecule has 1 atom stereocenters. The standard InChI is InChI=1S/C12H16F4N2O/c1-8(17)11-9(13)3-2-4-10(11)18(5-6-19)7-12(14,15)16/h2-4,8,19H,5-7,17H2,1H3. The maximum absolute atomic E-state index is 13.7. The van der Waals surface area contributed by atoms with Crippen LogP contribution >= 0.6 is 0 Å². The lowest BCUT2D eigenvalue weighted by molar-refractivity contribution is -0.119. The summed E-state index contributed by atoms with van der Waals surface area (Å²) in [6.45, 7) is -0.489. The van der Waals surface area contributed by atoms with E-state index < -0.39 is 31.2 Å². The van der Waals surface area contributed by atoms with Gasteiger partial charge in [0.1, 0.15) is 12.4 Å². The first-order valence-electron chi connectivity index (χ1n) is 5.73. The molecule has 0 fully saturated rings. The van der Waals surface area contributed by atoms with Crippen molar-refractivity contribution in [2.45, 2.75) is 19.1 Å². The summed E-state index contributed by atoms with van der Waals surface area (Å²) in [6.07, 6.45) is -4.45. The van der Waals surface area contributed by atoms with Gasteiger partial charge >= 0.3 is 6.18 Å². The lowest BCUT2D eigenvalue weighted by atomic mass is 10.0. The van der Waals surface area contributed by atoms with Gasteiger partial charge in [0, 0.05) is 23.8 Å². The molecule has 1 aromatic rings. The van der Waals surface area contributed by atoms with Crippen molar-refractivity contribution in [1.29, 1.82) is 0 Å². The van der Waals surface area contributed by atoms with E-state index in [1.54, 1.807) is 0 Å². The second kappa shape index (κ2) is 6.21. The molecule has 0 saturated carbocycles. The van der Waals surface area contributed by atoms with E-state index in [9.17, 15) is 17.6 Å². The SMILES string of the molecule is CC(N)c1c(F)cccc1N(CCO)CC(F)(F)F. The molecular formula is C12H16F4N2O. The van der Waals surface area contributed by atoms with Crippen molar-refractivity contribution < 1.29 is 22.7 Å². The molecule has 0 aromatic heterocycles. The Bertz CT molecular complexity index is 421. The zero-order valence-corrected chi connectivity index (χ0v) is 10.4. The molecular weight excluding hydrogens is 264 g/mol. The maximum atomic E-state index is 13.7. The Morgan fingerprint density at radius 2 is 2.00 bits per heavy atom. The summed E-state index contributed by atoms with van der Waals surface area (Å²) in [4.78, 5) is 0.877. The van der Waals surface area contributed by atoms with Gasteiger partial charge in [-0.3, -0.25) is 0 Å². The fourth-order valence-electron chi connectivity index (χ4n) is 1.87. The van der Waals surface area contributed by atoms with E-state index in [4.69, 9.17) is 10.8 Å². The van der Waals surface area contributed by atoms with E-state index in [0.29, 0.717) is 0 Å². The van der Waals surface area contributed by atoms with Crippen molar-refractivity contribution >= 4 is 5.69 Å². The number of hydrogen-bond acceptors (Lipinski definition) is 3. The Kier molecular flexibility index (Phi) is 5.13. The quantitative estimate of drug-likeness (QED) is 0.813. The normalized spacial score (nSPS) is 13.4. The van der Waals surface area contributed by atoms with E-state index in [1.807, 2.05) is 0 Å². The third kappa shape index (κ3) is 4.36. The summed E-state index contributed by atoms with van der Waals surface area (Å²) in [6, 6.07) is 3.08. The number of aliphatic hydroxyl groups is 1. The smallest absolute Gasteiger partial charge is 0.395 e. The summed E-state index contributed by atoms with van der Waals surface area (Å²) in [5.41, 5.74) is 5.67. The average Bonchev–Trinajstić information content (AvgIpc) is 2.25. The van der Waals surface area contributed by atoms with Crippen LogP contribution in [-0.2, 0) is 0 Å². The van der Waals surface area contributed by atoms with Crippen LogP contribution in [0.2, 0.25) is 0 Å². The molecule has 0 aliphatic heterocycles. The van der Waals surface area contributed by atoms with Gasteiger partial charge in [0.15, 0.2) is 0 Å². The average molecular weight is 280 g/mol. The first-order valence-corrected chi connectivity index (χ1v) is 5.73. The Balaban J connectivity index is 3.18. The molecule has 0 aliphatic rings. The molecule has 7 heteroatoms.